The monoisotopic (exact) mass is 349 g/mol. The van der Waals surface area contributed by atoms with E-state index in [9.17, 15) is 4.79 Å². The third kappa shape index (κ3) is 4.99. The van der Waals surface area contributed by atoms with Gasteiger partial charge in [-0.2, -0.15) is 0 Å². The van der Waals surface area contributed by atoms with E-state index in [0.717, 1.165) is 23.5 Å². The predicted molar refractivity (Wildman–Crippen MR) is 101 cm³/mol. The van der Waals surface area contributed by atoms with E-state index in [1.165, 1.54) is 5.56 Å². The van der Waals surface area contributed by atoms with Crippen molar-refractivity contribution >= 4 is 5.91 Å². The molecule has 1 heterocycles. The standard InChI is InChI=1S/C22H23NO3/c1-25-20-11-9-19(10-12-20)16-22(24)23(17-21-8-5-15-26-21)14-13-18-6-3-2-4-7-18/h2-12,15H,13-14,16-17H2,1H3. The van der Waals surface area contributed by atoms with Crippen LogP contribution in [0.1, 0.15) is 16.9 Å². The Bertz CT molecular complexity index is 795. The summed E-state index contributed by atoms with van der Waals surface area (Å²) in [6.45, 7) is 1.13. The van der Waals surface area contributed by atoms with E-state index in [4.69, 9.17) is 9.15 Å². The number of carbonyl (C=O) groups excluding carboxylic acids is 1. The van der Waals surface area contributed by atoms with E-state index >= 15 is 0 Å². The Hall–Kier alpha value is -3.01. The molecule has 0 saturated carbocycles. The van der Waals surface area contributed by atoms with Crippen molar-refractivity contribution in [3.8, 4) is 5.75 Å². The number of hydrogen-bond donors (Lipinski definition) is 0. The third-order valence-corrected chi connectivity index (χ3v) is 4.31. The first-order chi connectivity index (χ1) is 12.7. The van der Waals surface area contributed by atoms with Gasteiger partial charge < -0.3 is 14.1 Å². The van der Waals surface area contributed by atoms with Gasteiger partial charge in [-0.3, -0.25) is 4.79 Å². The highest BCUT2D eigenvalue weighted by atomic mass is 16.5. The molecule has 0 spiro atoms. The van der Waals surface area contributed by atoms with Crippen LogP contribution in [-0.2, 0) is 24.2 Å². The zero-order chi connectivity index (χ0) is 18.2. The zero-order valence-electron chi connectivity index (χ0n) is 14.9. The number of rotatable bonds is 8. The molecule has 3 rings (SSSR count). The van der Waals surface area contributed by atoms with Crippen LogP contribution in [0.25, 0.3) is 0 Å². The molecule has 0 fully saturated rings. The number of methoxy groups -OCH3 is 1. The van der Waals surface area contributed by atoms with Crippen LogP contribution in [0, 0.1) is 0 Å². The van der Waals surface area contributed by atoms with Gasteiger partial charge in [0.05, 0.1) is 26.3 Å². The second-order valence-corrected chi connectivity index (χ2v) is 6.16. The fourth-order valence-electron chi connectivity index (χ4n) is 2.82. The molecule has 0 N–H and O–H groups in total. The lowest BCUT2D eigenvalue weighted by molar-refractivity contribution is -0.131. The molecule has 0 aliphatic carbocycles. The molecule has 0 aliphatic heterocycles. The van der Waals surface area contributed by atoms with Crippen LogP contribution in [-0.4, -0.2) is 24.5 Å². The minimum atomic E-state index is 0.0856. The quantitative estimate of drug-likeness (QED) is 0.615. The van der Waals surface area contributed by atoms with Gasteiger partial charge in [0, 0.05) is 6.54 Å². The minimum Gasteiger partial charge on any atom is -0.497 e. The first kappa shape index (κ1) is 17.8. The van der Waals surface area contributed by atoms with Crippen LogP contribution in [0.15, 0.2) is 77.4 Å². The third-order valence-electron chi connectivity index (χ3n) is 4.31. The Kier molecular flexibility index (Phi) is 6.09. The van der Waals surface area contributed by atoms with Crippen LogP contribution in [0.4, 0.5) is 0 Å². The summed E-state index contributed by atoms with van der Waals surface area (Å²) in [5.74, 6) is 1.67. The minimum absolute atomic E-state index is 0.0856. The van der Waals surface area contributed by atoms with E-state index in [1.54, 1.807) is 13.4 Å². The van der Waals surface area contributed by atoms with Crippen LogP contribution in [0.5, 0.6) is 5.75 Å². The summed E-state index contributed by atoms with van der Waals surface area (Å²) < 4.78 is 10.6. The lowest BCUT2D eigenvalue weighted by Gasteiger charge is -2.22. The average molecular weight is 349 g/mol. The van der Waals surface area contributed by atoms with E-state index in [2.05, 4.69) is 12.1 Å². The van der Waals surface area contributed by atoms with Gasteiger partial charge in [0.25, 0.3) is 0 Å². The second-order valence-electron chi connectivity index (χ2n) is 6.16. The van der Waals surface area contributed by atoms with Gasteiger partial charge >= 0.3 is 0 Å². The maximum absolute atomic E-state index is 12.9. The Labute approximate surface area is 154 Å². The maximum atomic E-state index is 12.9. The van der Waals surface area contributed by atoms with Gasteiger partial charge in [-0.1, -0.05) is 42.5 Å². The van der Waals surface area contributed by atoms with Crippen LogP contribution < -0.4 is 4.74 Å². The smallest absolute Gasteiger partial charge is 0.227 e. The molecule has 1 aromatic heterocycles. The van der Waals surface area contributed by atoms with Crippen molar-refractivity contribution in [3.05, 3.63) is 89.9 Å². The Morgan fingerprint density at radius 3 is 2.38 bits per heavy atom. The Balaban J connectivity index is 1.67. The average Bonchev–Trinajstić information content (AvgIpc) is 3.19. The summed E-state index contributed by atoms with van der Waals surface area (Å²) in [6.07, 6.45) is 2.81. The van der Waals surface area contributed by atoms with Crippen molar-refractivity contribution in [2.24, 2.45) is 0 Å². The lowest BCUT2D eigenvalue weighted by Crippen LogP contribution is -2.33. The summed E-state index contributed by atoms with van der Waals surface area (Å²) in [5, 5.41) is 0. The Morgan fingerprint density at radius 1 is 0.962 bits per heavy atom. The highest BCUT2D eigenvalue weighted by Gasteiger charge is 2.16. The summed E-state index contributed by atoms with van der Waals surface area (Å²) in [5.41, 5.74) is 2.19. The molecule has 2 aromatic carbocycles. The van der Waals surface area contributed by atoms with Gasteiger partial charge in [-0.25, -0.2) is 0 Å². The van der Waals surface area contributed by atoms with Gasteiger partial charge in [-0.15, -0.1) is 0 Å². The first-order valence-corrected chi connectivity index (χ1v) is 8.71. The normalized spacial score (nSPS) is 10.5. The molecule has 0 unspecified atom stereocenters. The number of nitrogens with zero attached hydrogens (tertiary/aromatic N) is 1. The van der Waals surface area contributed by atoms with Crippen molar-refractivity contribution < 1.29 is 13.9 Å². The van der Waals surface area contributed by atoms with Gasteiger partial charge in [-0.05, 0) is 41.8 Å². The molecule has 0 radical (unpaired) electrons. The summed E-state index contributed by atoms with van der Waals surface area (Å²) in [4.78, 5) is 14.7. The topological polar surface area (TPSA) is 42.7 Å². The summed E-state index contributed by atoms with van der Waals surface area (Å²) >= 11 is 0. The molecule has 134 valence electrons. The van der Waals surface area contributed by atoms with Gasteiger partial charge in [0.1, 0.15) is 11.5 Å². The van der Waals surface area contributed by atoms with Crippen molar-refractivity contribution in [3.63, 3.8) is 0 Å². The van der Waals surface area contributed by atoms with Crippen molar-refractivity contribution in [2.45, 2.75) is 19.4 Å². The lowest BCUT2D eigenvalue weighted by atomic mass is 10.1. The second kappa shape index (κ2) is 8.90. The van der Waals surface area contributed by atoms with Crippen LogP contribution in [0.2, 0.25) is 0 Å². The van der Waals surface area contributed by atoms with Crippen molar-refractivity contribution in [2.75, 3.05) is 13.7 Å². The fourth-order valence-corrected chi connectivity index (χ4v) is 2.82. The summed E-state index contributed by atoms with van der Waals surface area (Å²) in [7, 11) is 1.63. The number of ether oxygens (including phenoxy) is 1. The van der Waals surface area contributed by atoms with Crippen LogP contribution >= 0.6 is 0 Å². The van der Waals surface area contributed by atoms with Gasteiger partial charge in [0.2, 0.25) is 5.91 Å². The number of furan rings is 1. The molecule has 1 amide bonds. The van der Waals surface area contributed by atoms with Crippen molar-refractivity contribution in [1.29, 1.82) is 0 Å². The molecule has 0 bridgehead atoms. The van der Waals surface area contributed by atoms with Gasteiger partial charge in [0.15, 0.2) is 0 Å². The van der Waals surface area contributed by atoms with Crippen LogP contribution in [0.3, 0.4) is 0 Å². The zero-order valence-corrected chi connectivity index (χ0v) is 14.9. The first-order valence-electron chi connectivity index (χ1n) is 8.71. The molecule has 4 heteroatoms. The molecule has 4 nitrogen and oxygen atoms in total. The van der Waals surface area contributed by atoms with E-state index in [1.807, 2.05) is 59.5 Å². The fraction of sp³-hybridized carbons (Fsp3) is 0.227. The molecule has 0 atom stereocenters. The summed E-state index contributed by atoms with van der Waals surface area (Å²) in [6, 6.07) is 21.6. The van der Waals surface area contributed by atoms with E-state index in [-0.39, 0.29) is 5.91 Å². The Morgan fingerprint density at radius 2 is 1.73 bits per heavy atom. The molecule has 0 saturated heterocycles. The predicted octanol–water partition coefficient (Wildman–Crippen LogP) is 4.10. The highest BCUT2D eigenvalue weighted by molar-refractivity contribution is 5.78. The number of amides is 1. The molecule has 26 heavy (non-hydrogen) atoms. The highest BCUT2D eigenvalue weighted by Crippen LogP contribution is 2.14. The van der Waals surface area contributed by atoms with E-state index in [0.29, 0.717) is 19.5 Å². The molecule has 3 aromatic rings. The molecular weight excluding hydrogens is 326 g/mol. The number of hydrogen-bond acceptors (Lipinski definition) is 3. The SMILES string of the molecule is COc1ccc(CC(=O)N(CCc2ccccc2)Cc2ccco2)cc1. The number of carbonyl (C=O) groups is 1. The largest absolute Gasteiger partial charge is 0.497 e. The maximum Gasteiger partial charge on any atom is 0.227 e. The van der Waals surface area contributed by atoms with Crippen molar-refractivity contribution in [1.82, 2.24) is 4.90 Å². The number of benzene rings is 2. The molecular formula is C22H23NO3. The molecule has 0 aliphatic rings. The van der Waals surface area contributed by atoms with E-state index < -0.39 is 0 Å².